The van der Waals surface area contributed by atoms with Crippen molar-refractivity contribution in [3.05, 3.63) is 59.4 Å². The van der Waals surface area contributed by atoms with Crippen LogP contribution in [0.15, 0.2) is 42.6 Å². The molecule has 1 aromatic heterocycles. The number of hydrogen-bond acceptors (Lipinski definition) is 2. The SMILES string of the molecule is Cc1cc(N(C)C)c(Cc2ccccc2)cn1. The van der Waals surface area contributed by atoms with E-state index in [0.717, 1.165) is 12.1 Å². The lowest BCUT2D eigenvalue weighted by Gasteiger charge is -2.17. The molecule has 0 saturated heterocycles. The van der Waals surface area contributed by atoms with Gasteiger partial charge in [0.05, 0.1) is 0 Å². The monoisotopic (exact) mass is 226 g/mol. The maximum Gasteiger partial charge on any atom is 0.0430 e. The van der Waals surface area contributed by atoms with Crippen LogP contribution in [0.4, 0.5) is 5.69 Å². The number of rotatable bonds is 3. The van der Waals surface area contributed by atoms with Crippen molar-refractivity contribution in [1.29, 1.82) is 0 Å². The molecule has 0 N–H and O–H groups in total. The minimum absolute atomic E-state index is 0.932. The Balaban J connectivity index is 2.33. The number of pyridine rings is 1. The van der Waals surface area contributed by atoms with E-state index in [2.05, 4.69) is 54.3 Å². The zero-order valence-electron chi connectivity index (χ0n) is 10.6. The third-order valence-corrected chi connectivity index (χ3v) is 2.82. The molecule has 2 aromatic rings. The topological polar surface area (TPSA) is 16.1 Å². The van der Waals surface area contributed by atoms with Gasteiger partial charge in [0.15, 0.2) is 0 Å². The van der Waals surface area contributed by atoms with Gasteiger partial charge in [0.25, 0.3) is 0 Å². The van der Waals surface area contributed by atoms with E-state index in [9.17, 15) is 0 Å². The van der Waals surface area contributed by atoms with Gasteiger partial charge in [-0.15, -0.1) is 0 Å². The van der Waals surface area contributed by atoms with Crippen LogP contribution in [0.5, 0.6) is 0 Å². The van der Waals surface area contributed by atoms with Gasteiger partial charge in [-0.2, -0.15) is 0 Å². The summed E-state index contributed by atoms with van der Waals surface area (Å²) in [5.41, 5.74) is 4.90. The lowest BCUT2D eigenvalue weighted by atomic mass is 10.0. The zero-order valence-corrected chi connectivity index (χ0v) is 10.6. The predicted molar refractivity (Wildman–Crippen MR) is 72.5 cm³/mol. The molecule has 0 atom stereocenters. The van der Waals surface area contributed by atoms with Crippen LogP contribution in [-0.2, 0) is 6.42 Å². The third kappa shape index (κ3) is 2.84. The van der Waals surface area contributed by atoms with E-state index in [1.54, 1.807) is 0 Å². The lowest BCUT2D eigenvalue weighted by Crippen LogP contribution is -2.12. The number of anilines is 1. The van der Waals surface area contributed by atoms with Gasteiger partial charge in [0.2, 0.25) is 0 Å². The molecule has 88 valence electrons. The summed E-state index contributed by atoms with van der Waals surface area (Å²) in [4.78, 5) is 6.54. The van der Waals surface area contributed by atoms with Crippen molar-refractivity contribution in [2.75, 3.05) is 19.0 Å². The largest absolute Gasteiger partial charge is 0.377 e. The summed E-state index contributed by atoms with van der Waals surface area (Å²) in [5, 5.41) is 0. The minimum Gasteiger partial charge on any atom is -0.377 e. The van der Waals surface area contributed by atoms with Crippen LogP contribution < -0.4 is 4.90 Å². The standard InChI is InChI=1S/C15H18N2/c1-12-9-15(17(2)3)14(11-16-12)10-13-7-5-4-6-8-13/h4-9,11H,10H2,1-3H3. The molecule has 0 unspecified atom stereocenters. The van der Waals surface area contributed by atoms with E-state index >= 15 is 0 Å². The van der Waals surface area contributed by atoms with Crippen LogP contribution in [0.2, 0.25) is 0 Å². The van der Waals surface area contributed by atoms with Gasteiger partial charge < -0.3 is 4.90 Å². The van der Waals surface area contributed by atoms with Crippen molar-refractivity contribution in [3.63, 3.8) is 0 Å². The van der Waals surface area contributed by atoms with Gasteiger partial charge in [0, 0.05) is 38.1 Å². The highest BCUT2D eigenvalue weighted by molar-refractivity contribution is 5.53. The second-order valence-electron chi connectivity index (χ2n) is 4.51. The number of aryl methyl sites for hydroxylation is 1. The summed E-state index contributed by atoms with van der Waals surface area (Å²) in [6.07, 6.45) is 2.92. The molecule has 1 heterocycles. The Morgan fingerprint density at radius 2 is 1.82 bits per heavy atom. The summed E-state index contributed by atoms with van der Waals surface area (Å²) in [6, 6.07) is 12.6. The van der Waals surface area contributed by atoms with Gasteiger partial charge in [-0.25, -0.2) is 0 Å². The van der Waals surface area contributed by atoms with Crippen molar-refractivity contribution in [3.8, 4) is 0 Å². The summed E-state index contributed by atoms with van der Waals surface area (Å²) >= 11 is 0. The second kappa shape index (κ2) is 5.00. The number of aromatic nitrogens is 1. The highest BCUT2D eigenvalue weighted by Gasteiger charge is 2.06. The zero-order chi connectivity index (χ0) is 12.3. The normalized spacial score (nSPS) is 10.3. The van der Waals surface area contributed by atoms with E-state index in [1.807, 2.05) is 19.2 Å². The van der Waals surface area contributed by atoms with E-state index in [1.165, 1.54) is 16.8 Å². The van der Waals surface area contributed by atoms with Crippen LogP contribution in [0.3, 0.4) is 0 Å². The molecule has 2 nitrogen and oxygen atoms in total. The van der Waals surface area contributed by atoms with Gasteiger partial charge in [-0.1, -0.05) is 30.3 Å². The van der Waals surface area contributed by atoms with Crippen molar-refractivity contribution in [2.24, 2.45) is 0 Å². The van der Waals surface area contributed by atoms with E-state index in [-0.39, 0.29) is 0 Å². The first-order chi connectivity index (χ1) is 8.16. The molecule has 0 aliphatic heterocycles. The summed E-state index contributed by atoms with van der Waals surface area (Å²) < 4.78 is 0. The molecule has 1 aromatic carbocycles. The Morgan fingerprint density at radius 1 is 1.12 bits per heavy atom. The first kappa shape index (κ1) is 11.6. The van der Waals surface area contributed by atoms with E-state index in [4.69, 9.17) is 0 Å². The van der Waals surface area contributed by atoms with Gasteiger partial charge in [-0.05, 0) is 24.1 Å². The molecular weight excluding hydrogens is 208 g/mol. The first-order valence-electron chi connectivity index (χ1n) is 5.83. The predicted octanol–water partition coefficient (Wildman–Crippen LogP) is 3.05. The first-order valence-corrected chi connectivity index (χ1v) is 5.83. The molecule has 2 heteroatoms. The number of nitrogens with zero attached hydrogens (tertiary/aromatic N) is 2. The van der Waals surface area contributed by atoms with Crippen LogP contribution in [0, 0.1) is 6.92 Å². The van der Waals surface area contributed by atoms with Gasteiger partial charge in [-0.3, -0.25) is 4.98 Å². The minimum atomic E-state index is 0.932. The molecule has 0 fully saturated rings. The fourth-order valence-electron chi connectivity index (χ4n) is 1.94. The van der Waals surface area contributed by atoms with Crippen molar-refractivity contribution < 1.29 is 0 Å². The van der Waals surface area contributed by atoms with Crippen molar-refractivity contribution >= 4 is 5.69 Å². The van der Waals surface area contributed by atoms with Crippen molar-refractivity contribution in [2.45, 2.75) is 13.3 Å². The van der Waals surface area contributed by atoms with E-state index in [0.29, 0.717) is 0 Å². The number of hydrogen-bond donors (Lipinski definition) is 0. The Kier molecular flexibility index (Phi) is 3.43. The van der Waals surface area contributed by atoms with Crippen LogP contribution in [-0.4, -0.2) is 19.1 Å². The molecule has 0 saturated carbocycles. The molecular formula is C15H18N2. The Labute approximate surface area is 103 Å². The van der Waals surface area contributed by atoms with Crippen LogP contribution in [0.1, 0.15) is 16.8 Å². The summed E-state index contributed by atoms with van der Waals surface area (Å²) in [6.45, 7) is 2.03. The Bertz CT molecular complexity index is 490. The van der Waals surface area contributed by atoms with Crippen molar-refractivity contribution in [1.82, 2.24) is 4.98 Å². The van der Waals surface area contributed by atoms with E-state index < -0.39 is 0 Å². The molecule has 0 spiro atoms. The third-order valence-electron chi connectivity index (χ3n) is 2.82. The maximum atomic E-state index is 4.39. The Morgan fingerprint density at radius 3 is 2.47 bits per heavy atom. The average molecular weight is 226 g/mol. The average Bonchev–Trinajstić information content (AvgIpc) is 2.32. The smallest absolute Gasteiger partial charge is 0.0430 e. The highest BCUT2D eigenvalue weighted by Crippen LogP contribution is 2.21. The molecule has 0 aliphatic carbocycles. The molecule has 2 rings (SSSR count). The van der Waals surface area contributed by atoms with Gasteiger partial charge >= 0.3 is 0 Å². The fraction of sp³-hybridized carbons (Fsp3) is 0.267. The lowest BCUT2D eigenvalue weighted by molar-refractivity contribution is 1.04. The molecule has 0 amide bonds. The maximum absolute atomic E-state index is 4.39. The molecule has 17 heavy (non-hydrogen) atoms. The molecule has 0 bridgehead atoms. The summed E-state index contributed by atoms with van der Waals surface area (Å²) in [5.74, 6) is 0. The summed E-state index contributed by atoms with van der Waals surface area (Å²) in [7, 11) is 4.15. The quantitative estimate of drug-likeness (QED) is 0.799. The van der Waals surface area contributed by atoms with Crippen LogP contribution in [0.25, 0.3) is 0 Å². The fourth-order valence-corrected chi connectivity index (χ4v) is 1.94. The highest BCUT2D eigenvalue weighted by atomic mass is 15.1. The Hall–Kier alpha value is -1.83. The van der Waals surface area contributed by atoms with Gasteiger partial charge in [0.1, 0.15) is 0 Å². The molecule has 0 radical (unpaired) electrons. The van der Waals surface area contributed by atoms with Crippen LogP contribution >= 0.6 is 0 Å². The second-order valence-corrected chi connectivity index (χ2v) is 4.51. The number of benzene rings is 1. The molecule has 0 aliphatic rings.